The van der Waals surface area contributed by atoms with Crippen molar-refractivity contribution in [2.24, 2.45) is 0 Å². The molecule has 0 radical (unpaired) electrons. The molecule has 1 aromatic carbocycles. The number of aryl methyl sites for hydroxylation is 1. The van der Waals surface area contributed by atoms with Crippen molar-refractivity contribution in [3.8, 4) is 5.75 Å². The third-order valence-electron chi connectivity index (χ3n) is 5.47. The van der Waals surface area contributed by atoms with E-state index in [1.54, 1.807) is 13.3 Å². The maximum absolute atomic E-state index is 12.4. The van der Waals surface area contributed by atoms with E-state index in [-0.39, 0.29) is 5.91 Å². The van der Waals surface area contributed by atoms with Crippen LogP contribution in [0.1, 0.15) is 36.2 Å². The molecule has 6 heteroatoms. The van der Waals surface area contributed by atoms with E-state index < -0.39 is 0 Å². The van der Waals surface area contributed by atoms with E-state index in [0.29, 0.717) is 18.2 Å². The Balaban J connectivity index is 1.42. The van der Waals surface area contributed by atoms with Crippen molar-refractivity contribution in [3.05, 3.63) is 53.7 Å². The number of carbonyl (C=O) groups excluding carboxylic acids is 1. The van der Waals surface area contributed by atoms with Gasteiger partial charge >= 0.3 is 0 Å². The number of ether oxygens (including phenoxy) is 1. The van der Waals surface area contributed by atoms with Crippen LogP contribution in [0.4, 0.5) is 5.82 Å². The Kier molecular flexibility index (Phi) is 7.47. The number of hydrogen-bond donors (Lipinski definition) is 1. The number of nitrogens with one attached hydrogen (secondary N) is 1. The zero-order valence-electron chi connectivity index (χ0n) is 17.7. The van der Waals surface area contributed by atoms with Crippen molar-refractivity contribution >= 4 is 11.7 Å². The molecule has 1 amide bonds. The molecule has 0 spiro atoms. The van der Waals surface area contributed by atoms with E-state index in [1.165, 1.54) is 5.56 Å². The minimum absolute atomic E-state index is 0.0663. The van der Waals surface area contributed by atoms with Gasteiger partial charge in [0.05, 0.1) is 12.7 Å². The SMILES string of the molecule is COc1ccc(CCCNC(=O)c2ccc(N3CCN(C(C)C)CC3)nc2)cc1. The first-order valence-electron chi connectivity index (χ1n) is 10.4. The molecule has 2 aromatic rings. The molecule has 6 nitrogen and oxygen atoms in total. The third kappa shape index (κ3) is 5.94. The molecule has 1 aromatic heterocycles. The lowest BCUT2D eigenvalue weighted by atomic mass is 10.1. The highest BCUT2D eigenvalue weighted by Crippen LogP contribution is 2.15. The van der Waals surface area contributed by atoms with E-state index in [9.17, 15) is 4.79 Å². The summed E-state index contributed by atoms with van der Waals surface area (Å²) in [4.78, 5) is 21.6. The van der Waals surface area contributed by atoms with Gasteiger partial charge in [-0.15, -0.1) is 0 Å². The van der Waals surface area contributed by atoms with Crippen molar-refractivity contribution in [2.75, 3.05) is 44.7 Å². The standard InChI is InChI=1S/C23H32N4O2/c1-18(2)26-13-15-27(16-14-26)22-11-8-20(17-25-22)23(28)24-12-4-5-19-6-9-21(29-3)10-7-19/h6-11,17-18H,4-5,12-16H2,1-3H3,(H,24,28). The van der Waals surface area contributed by atoms with E-state index in [2.05, 4.69) is 46.1 Å². The van der Waals surface area contributed by atoms with E-state index in [4.69, 9.17) is 4.74 Å². The molecule has 156 valence electrons. The molecule has 1 saturated heterocycles. The van der Waals surface area contributed by atoms with Gasteiger partial charge in [0.25, 0.3) is 5.91 Å². The van der Waals surface area contributed by atoms with Gasteiger partial charge in [0, 0.05) is 45.0 Å². The Morgan fingerprint density at radius 3 is 2.41 bits per heavy atom. The van der Waals surface area contributed by atoms with Gasteiger partial charge in [0.2, 0.25) is 0 Å². The Labute approximate surface area is 173 Å². The highest BCUT2D eigenvalue weighted by atomic mass is 16.5. The summed E-state index contributed by atoms with van der Waals surface area (Å²) < 4.78 is 5.17. The zero-order chi connectivity index (χ0) is 20.6. The summed E-state index contributed by atoms with van der Waals surface area (Å²) in [6.07, 6.45) is 3.50. The van der Waals surface area contributed by atoms with Crippen molar-refractivity contribution in [2.45, 2.75) is 32.7 Å². The quantitative estimate of drug-likeness (QED) is 0.695. The summed E-state index contributed by atoms with van der Waals surface area (Å²) in [6.45, 7) is 9.16. The highest BCUT2D eigenvalue weighted by Gasteiger charge is 2.19. The van der Waals surface area contributed by atoms with Gasteiger partial charge in [-0.25, -0.2) is 4.98 Å². The van der Waals surface area contributed by atoms with Crippen LogP contribution in [0, 0.1) is 0 Å². The summed E-state index contributed by atoms with van der Waals surface area (Å²) in [7, 11) is 1.67. The average Bonchev–Trinajstić information content (AvgIpc) is 2.77. The predicted molar refractivity (Wildman–Crippen MR) is 117 cm³/mol. The minimum Gasteiger partial charge on any atom is -0.497 e. The van der Waals surface area contributed by atoms with Crippen LogP contribution in [0.2, 0.25) is 0 Å². The lowest BCUT2D eigenvalue weighted by Crippen LogP contribution is -2.49. The zero-order valence-corrected chi connectivity index (χ0v) is 17.7. The Bertz CT molecular complexity index is 766. The fourth-order valence-corrected chi connectivity index (χ4v) is 3.56. The molecule has 1 aliphatic rings. The Morgan fingerprint density at radius 1 is 1.10 bits per heavy atom. The van der Waals surface area contributed by atoms with Gasteiger partial charge in [-0.05, 0) is 56.5 Å². The monoisotopic (exact) mass is 396 g/mol. The molecule has 1 N–H and O–H groups in total. The third-order valence-corrected chi connectivity index (χ3v) is 5.47. The largest absolute Gasteiger partial charge is 0.497 e. The molecule has 3 rings (SSSR count). The Morgan fingerprint density at radius 2 is 1.83 bits per heavy atom. The van der Waals surface area contributed by atoms with Crippen LogP contribution >= 0.6 is 0 Å². The summed E-state index contributed by atoms with van der Waals surface area (Å²) in [5, 5.41) is 2.99. The number of anilines is 1. The predicted octanol–water partition coefficient (Wildman–Crippen LogP) is 2.98. The van der Waals surface area contributed by atoms with Crippen LogP contribution in [0.25, 0.3) is 0 Å². The lowest BCUT2D eigenvalue weighted by Gasteiger charge is -2.37. The molecule has 0 atom stereocenters. The number of pyridine rings is 1. The van der Waals surface area contributed by atoms with Crippen molar-refractivity contribution in [1.29, 1.82) is 0 Å². The highest BCUT2D eigenvalue weighted by molar-refractivity contribution is 5.94. The maximum atomic E-state index is 12.4. The number of rotatable bonds is 8. The number of benzene rings is 1. The molecular weight excluding hydrogens is 364 g/mol. The number of methoxy groups -OCH3 is 1. The van der Waals surface area contributed by atoms with Gasteiger partial charge in [-0.1, -0.05) is 12.1 Å². The fraction of sp³-hybridized carbons (Fsp3) is 0.478. The number of carbonyl (C=O) groups is 1. The van der Waals surface area contributed by atoms with Crippen LogP contribution in [0.5, 0.6) is 5.75 Å². The second kappa shape index (κ2) is 10.3. The van der Waals surface area contributed by atoms with Crippen LogP contribution < -0.4 is 15.0 Å². The normalized spacial score (nSPS) is 14.8. The fourth-order valence-electron chi connectivity index (χ4n) is 3.56. The van der Waals surface area contributed by atoms with E-state index in [1.807, 2.05) is 24.3 Å². The van der Waals surface area contributed by atoms with E-state index in [0.717, 1.165) is 50.6 Å². The molecule has 1 fully saturated rings. The molecule has 0 unspecified atom stereocenters. The first kappa shape index (κ1) is 21.1. The van der Waals surface area contributed by atoms with Crippen molar-refractivity contribution in [3.63, 3.8) is 0 Å². The molecule has 0 bridgehead atoms. The second-order valence-electron chi connectivity index (χ2n) is 7.73. The molecule has 1 aliphatic heterocycles. The first-order chi connectivity index (χ1) is 14.1. The summed E-state index contributed by atoms with van der Waals surface area (Å²) in [6, 6.07) is 12.5. The topological polar surface area (TPSA) is 57.7 Å². The van der Waals surface area contributed by atoms with Crippen molar-refractivity contribution in [1.82, 2.24) is 15.2 Å². The van der Waals surface area contributed by atoms with Gasteiger partial charge in [0.1, 0.15) is 11.6 Å². The minimum atomic E-state index is -0.0663. The van der Waals surface area contributed by atoms with Gasteiger partial charge in [-0.2, -0.15) is 0 Å². The average molecular weight is 397 g/mol. The number of piperazine rings is 1. The van der Waals surface area contributed by atoms with Crippen LogP contribution in [-0.4, -0.2) is 61.7 Å². The van der Waals surface area contributed by atoms with Crippen LogP contribution in [0.15, 0.2) is 42.6 Å². The Hall–Kier alpha value is -2.60. The lowest BCUT2D eigenvalue weighted by molar-refractivity contribution is 0.0953. The number of hydrogen-bond acceptors (Lipinski definition) is 5. The second-order valence-corrected chi connectivity index (χ2v) is 7.73. The number of aromatic nitrogens is 1. The molecule has 2 heterocycles. The first-order valence-corrected chi connectivity index (χ1v) is 10.4. The summed E-state index contributed by atoms with van der Waals surface area (Å²) in [5.41, 5.74) is 1.85. The number of nitrogens with zero attached hydrogens (tertiary/aromatic N) is 3. The van der Waals surface area contributed by atoms with Crippen LogP contribution in [0.3, 0.4) is 0 Å². The van der Waals surface area contributed by atoms with E-state index >= 15 is 0 Å². The van der Waals surface area contributed by atoms with Gasteiger partial charge in [0.15, 0.2) is 0 Å². The smallest absolute Gasteiger partial charge is 0.252 e. The number of amides is 1. The van der Waals surface area contributed by atoms with Crippen LogP contribution in [-0.2, 0) is 6.42 Å². The molecule has 0 saturated carbocycles. The van der Waals surface area contributed by atoms with Gasteiger partial charge in [-0.3, -0.25) is 9.69 Å². The molecule has 29 heavy (non-hydrogen) atoms. The molecular formula is C23H32N4O2. The summed E-state index contributed by atoms with van der Waals surface area (Å²) >= 11 is 0. The van der Waals surface area contributed by atoms with Gasteiger partial charge < -0.3 is 15.0 Å². The van der Waals surface area contributed by atoms with Crippen molar-refractivity contribution < 1.29 is 9.53 Å². The maximum Gasteiger partial charge on any atom is 0.252 e. The molecule has 0 aliphatic carbocycles. The summed E-state index contributed by atoms with van der Waals surface area (Å²) in [5.74, 6) is 1.74.